The number of ether oxygens (including phenoxy) is 1. The predicted molar refractivity (Wildman–Crippen MR) is 104 cm³/mol. The van der Waals surface area contributed by atoms with Crippen molar-refractivity contribution in [2.24, 2.45) is 0 Å². The average molecular weight is 396 g/mol. The fraction of sp³-hybridized carbons (Fsp3) is 0.316. The zero-order chi connectivity index (χ0) is 17.6. The number of aromatic nitrogens is 1. The number of hydrogen-bond acceptors (Lipinski definition) is 4. The Bertz CT molecular complexity index is 792. The third-order valence-electron chi connectivity index (χ3n) is 3.79. The molecule has 0 spiro atoms. The normalized spacial score (nSPS) is 11.0. The van der Waals surface area contributed by atoms with Gasteiger partial charge in [0.15, 0.2) is 5.75 Å². The van der Waals surface area contributed by atoms with Crippen molar-refractivity contribution in [3.63, 3.8) is 0 Å². The maximum Gasteiger partial charge on any atom is 0.156 e. The Kier molecular flexibility index (Phi) is 6.40. The summed E-state index contributed by atoms with van der Waals surface area (Å²) < 4.78 is 11.0. The first kappa shape index (κ1) is 18.3. The second kappa shape index (κ2) is 8.75. The molecule has 0 aliphatic carbocycles. The molecule has 0 aliphatic rings. The largest absolute Gasteiger partial charge is 0.490 e. The third-order valence-corrected chi connectivity index (χ3v) is 5.28. The number of halogens is 2. The quantitative estimate of drug-likeness (QED) is 0.392. The van der Waals surface area contributed by atoms with Crippen LogP contribution >= 0.6 is 34.5 Å². The Balaban J connectivity index is 1.46. The van der Waals surface area contributed by atoms with E-state index in [1.165, 1.54) is 0 Å². The highest BCUT2D eigenvalue weighted by Gasteiger charge is 2.11. The van der Waals surface area contributed by atoms with E-state index in [0.717, 1.165) is 47.6 Å². The minimum atomic E-state index is 0.549. The van der Waals surface area contributed by atoms with Crippen LogP contribution in [-0.4, -0.2) is 11.8 Å². The summed E-state index contributed by atoms with van der Waals surface area (Å²) in [6.07, 6.45) is 3.92. The Morgan fingerprint density at radius 2 is 1.92 bits per heavy atom. The molecule has 3 nitrogen and oxygen atoms in total. The van der Waals surface area contributed by atoms with Crippen molar-refractivity contribution >= 4 is 34.5 Å². The van der Waals surface area contributed by atoms with Gasteiger partial charge in [-0.1, -0.05) is 34.4 Å². The first-order valence-electron chi connectivity index (χ1n) is 8.21. The van der Waals surface area contributed by atoms with Gasteiger partial charge in [-0.25, -0.2) is 0 Å². The van der Waals surface area contributed by atoms with Crippen LogP contribution in [0, 0.1) is 6.92 Å². The first-order valence-corrected chi connectivity index (χ1v) is 9.85. The lowest BCUT2D eigenvalue weighted by Crippen LogP contribution is -1.99. The van der Waals surface area contributed by atoms with Gasteiger partial charge in [-0.2, -0.15) is 0 Å². The molecule has 0 radical (unpaired) electrons. The van der Waals surface area contributed by atoms with Crippen LogP contribution < -0.4 is 4.74 Å². The van der Waals surface area contributed by atoms with Crippen LogP contribution in [0.3, 0.4) is 0 Å². The van der Waals surface area contributed by atoms with Crippen molar-refractivity contribution in [1.29, 1.82) is 0 Å². The highest BCUT2D eigenvalue weighted by molar-refractivity contribution is 7.13. The van der Waals surface area contributed by atoms with Gasteiger partial charge in [0.1, 0.15) is 5.76 Å². The van der Waals surface area contributed by atoms with Gasteiger partial charge < -0.3 is 9.26 Å². The Hall–Kier alpha value is -1.49. The van der Waals surface area contributed by atoms with Crippen LogP contribution in [0.1, 0.15) is 30.7 Å². The molecule has 2 heterocycles. The molecule has 0 N–H and O–H groups in total. The second-order valence-corrected chi connectivity index (χ2v) is 7.60. The van der Waals surface area contributed by atoms with E-state index in [9.17, 15) is 0 Å². The van der Waals surface area contributed by atoms with Crippen molar-refractivity contribution in [2.45, 2.75) is 32.6 Å². The molecule has 3 rings (SSSR count). The van der Waals surface area contributed by atoms with E-state index in [0.29, 0.717) is 22.4 Å². The number of nitrogens with zero attached hydrogens (tertiary/aromatic N) is 1. The fourth-order valence-corrected chi connectivity index (χ4v) is 3.88. The Morgan fingerprint density at radius 1 is 1.12 bits per heavy atom. The molecule has 0 unspecified atom stereocenters. The molecule has 0 bridgehead atoms. The van der Waals surface area contributed by atoms with E-state index in [2.05, 4.69) is 5.16 Å². The fourth-order valence-electron chi connectivity index (χ4n) is 2.57. The molecule has 2 aromatic heterocycles. The van der Waals surface area contributed by atoms with E-state index in [4.69, 9.17) is 32.5 Å². The Labute approximate surface area is 161 Å². The Morgan fingerprint density at radius 3 is 2.56 bits per heavy atom. The molecular weight excluding hydrogens is 377 g/mol. The van der Waals surface area contributed by atoms with Gasteiger partial charge in [0.2, 0.25) is 0 Å². The van der Waals surface area contributed by atoms with E-state index in [-0.39, 0.29) is 0 Å². The molecule has 6 heteroatoms. The van der Waals surface area contributed by atoms with Gasteiger partial charge >= 0.3 is 0 Å². The summed E-state index contributed by atoms with van der Waals surface area (Å²) in [6.45, 7) is 2.52. The molecule has 132 valence electrons. The standard InChI is InChI=1S/C19H19Cl2NO2S/c1-13-10-15(24-22-13)6-3-2-4-8-23-19-16(20)11-14(12-17(19)21)18-7-5-9-25-18/h5,7,9-12H,2-4,6,8H2,1H3. The molecule has 0 aliphatic heterocycles. The molecule has 0 saturated carbocycles. The second-order valence-electron chi connectivity index (χ2n) is 5.84. The van der Waals surface area contributed by atoms with Crippen LogP contribution in [-0.2, 0) is 6.42 Å². The van der Waals surface area contributed by atoms with Crippen molar-refractivity contribution in [3.8, 4) is 16.2 Å². The predicted octanol–water partition coefficient (Wildman–Crippen LogP) is 6.81. The maximum absolute atomic E-state index is 6.35. The lowest BCUT2D eigenvalue weighted by Gasteiger charge is -2.11. The number of rotatable bonds is 8. The topological polar surface area (TPSA) is 35.3 Å². The summed E-state index contributed by atoms with van der Waals surface area (Å²) in [5, 5.41) is 7.02. The van der Waals surface area contributed by atoms with Crippen molar-refractivity contribution < 1.29 is 9.26 Å². The van der Waals surface area contributed by atoms with E-state index in [1.807, 2.05) is 42.6 Å². The smallest absolute Gasteiger partial charge is 0.156 e. The lowest BCUT2D eigenvalue weighted by atomic mass is 10.1. The van der Waals surface area contributed by atoms with Crippen LogP contribution in [0.2, 0.25) is 10.0 Å². The third kappa shape index (κ3) is 5.00. The van der Waals surface area contributed by atoms with Gasteiger partial charge in [0.25, 0.3) is 0 Å². The average Bonchev–Trinajstić information content (AvgIpc) is 3.24. The molecular formula is C19H19Cl2NO2S. The first-order chi connectivity index (χ1) is 12.1. The number of aryl methyl sites for hydroxylation is 2. The van der Waals surface area contributed by atoms with Gasteiger partial charge in [0.05, 0.1) is 22.3 Å². The highest BCUT2D eigenvalue weighted by atomic mass is 35.5. The molecule has 0 amide bonds. The molecule has 3 aromatic rings. The molecule has 1 aromatic carbocycles. The monoisotopic (exact) mass is 395 g/mol. The van der Waals surface area contributed by atoms with Gasteiger partial charge in [-0.15, -0.1) is 11.3 Å². The van der Waals surface area contributed by atoms with Crippen LogP contribution in [0.25, 0.3) is 10.4 Å². The molecule has 0 saturated heterocycles. The van der Waals surface area contributed by atoms with Crippen molar-refractivity contribution in [3.05, 3.63) is 57.2 Å². The SMILES string of the molecule is Cc1cc(CCCCCOc2c(Cl)cc(-c3cccs3)cc2Cl)on1. The van der Waals surface area contributed by atoms with Gasteiger partial charge in [-0.3, -0.25) is 0 Å². The summed E-state index contributed by atoms with van der Waals surface area (Å²) in [6, 6.07) is 9.84. The summed E-state index contributed by atoms with van der Waals surface area (Å²) in [5.41, 5.74) is 1.94. The van der Waals surface area contributed by atoms with E-state index in [1.54, 1.807) is 11.3 Å². The van der Waals surface area contributed by atoms with Crippen molar-refractivity contribution in [1.82, 2.24) is 5.16 Å². The van der Waals surface area contributed by atoms with E-state index >= 15 is 0 Å². The van der Waals surface area contributed by atoms with E-state index < -0.39 is 0 Å². The number of thiophene rings is 1. The zero-order valence-corrected chi connectivity index (χ0v) is 16.3. The van der Waals surface area contributed by atoms with Crippen LogP contribution in [0.4, 0.5) is 0 Å². The van der Waals surface area contributed by atoms with Gasteiger partial charge in [0, 0.05) is 17.4 Å². The minimum Gasteiger partial charge on any atom is -0.490 e. The van der Waals surface area contributed by atoms with Crippen molar-refractivity contribution in [2.75, 3.05) is 6.61 Å². The minimum absolute atomic E-state index is 0.549. The molecule has 25 heavy (non-hydrogen) atoms. The number of hydrogen-bond donors (Lipinski definition) is 0. The molecule has 0 fully saturated rings. The number of unbranched alkanes of at least 4 members (excludes halogenated alkanes) is 2. The van der Waals surface area contributed by atoms with Gasteiger partial charge in [-0.05, 0) is 55.3 Å². The molecule has 0 atom stereocenters. The zero-order valence-electron chi connectivity index (χ0n) is 13.9. The lowest BCUT2D eigenvalue weighted by molar-refractivity contribution is 0.304. The number of benzene rings is 1. The van der Waals surface area contributed by atoms with Crippen LogP contribution in [0.15, 0.2) is 40.2 Å². The van der Waals surface area contributed by atoms with Crippen LogP contribution in [0.5, 0.6) is 5.75 Å². The summed E-state index contributed by atoms with van der Waals surface area (Å²) in [7, 11) is 0. The summed E-state index contributed by atoms with van der Waals surface area (Å²) in [5.74, 6) is 1.50. The maximum atomic E-state index is 6.35. The highest BCUT2D eigenvalue weighted by Crippen LogP contribution is 2.38. The summed E-state index contributed by atoms with van der Waals surface area (Å²) >= 11 is 14.4. The summed E-state index contributed by atoms with van der Waals surface area (Å²) in [4.78, 5) is 1.14.